The average Bonchev–Trinajstić information content (AvgIpc) is 3.23. The zero-order valence-electron chi connectivity index (χ0n) is 18.4. The molecule has 3 aliphatic rings. The van der Waals surface area contributed by atoms with Crippen LogP contribution in [-0.4, -0.2) is 61.1 Å². The molecule has 1 unspecified atom stereocenters. The number of thioether (sulfide) groups is 1. The van der Waals surface area contributed by atoms with E-state index in [0.29, 0.717) is 24.4 Å². The molecule has 2 saturated heterocycles. The van der Waals surface area contributed by atoms with Gasteiger partial charge in [-0.15, -0.1) is 23.1 Å². The Morgan fingerprint density at radius 2 is 2.12 bits per heavy atom. The molecule has 2 aliphatic heterocycles. The summed E-state index contributed by atoms with van der Waals surface area (Å²) in [5, 5.41) is 26.4. The summed E-state index contributed by atoms with van der Waals surface area (Å²) in [7, 11) is 0. The minimum absolute atomic E-state index is 0. The van der Waals surface area contributed by atoms with E-state index in [0.717, 1.165) is 12.1 Å². The third-order valence-corrected chi connectivity index (χ3v) is 8.87. The molecular weight excluding hydrogens is 463 g/mol. The molecule has 4 rings (SSSR count). The molecule has 1 aliphatic carbocycles. The van der Waals surface area contributed by atoms with Crippen molar-refractivity contribution in [3.05, 3.63) is 11.1 Å². The number of amides is 2. The molecule has 1 aromatic rings. The molecule has 9 nitrogen and oxygen atoms in total. The Kier molecular flexibility index (Phi) is 7.88. The van der Waals surface area contributed by atoms with Crippen LogP contribution >= 0.6 is 23.1 Å². The van der Waals surface area contributed by atoms with E-state index in [-0.39, 0.29) is 71.1 Å². The first-order valence-electron chi connectivity index (χ1n) is 10.5. The van der Waals surface area contributed by atoms with Crippen LogP contribution < -0.4 is 45.7 Å². The second kappa shape index (κ2) is 9.79. The summed E-state index contributed by atoms with van der Waals surface area (Å²) in [4.78, 5) is 42.3. The van der Waals surface area contributed by atoms with Crippen LogP contribution in [0.3, 0.4) is 0 Å². The Balaban J connectivity index is 0.00000289. The standard InChI is InChI=1S/C20H28N4O5S2.Na/c1-20(2)15(18(28)29)24-16(27)14(17(24)31-20)23-13(26)6-4-9-3-5-10(25)7-11(9)12-8-30-19(21)22-12;/h8-11,14-15,17,25H,3-7H2,1-2H3,(H2,21,22)(H,23,26)(H,28,29);/q;+1/p-1/t9?,10-,11+,14+,15-,17+;/m0./s1. The van der Waals surface area contributed by atoms with Crippen molar-refractivity contribution in [2.24, 2.45) is 5.92 Å². The number of nitrogens with one attached hydrogen (secondary N) is 1. The fraction of sp³-hybridized carbons (Fsp3) is 0.700. The Bertz CT molecular complexity index is 897. The van der Waals surface area contributed by atoms with Crippen LogP contribution in [0.2, 0.25) is 0 Å². The summed E-state index contributed by atoms with van der Waals surface area (Å²) in [5.74, 6) is -1.61. The molecule has 0 radical (unpaired) electrons. The van der Waals surface area contributed by atoms with Crippen molar-refractivity contribution < 1.29 is 54.2 Å². The number of rotatable bonds is 6. The van der Waals surface area contributed by atoms with E-state index < -0.39 is 22.8 Å². The van der Waals surface area contributed by atoms with Crippen LogP contribution in [0.25, 0.3) is 0 Å². The van der Waals surface area contributed by atoms with E-state index in [1.165, 1.54) is 28.0 Å². The minimum Gasteiger partial charge on any atom is -0.548 e. The number of aliphatic hydroxyl groups is 1. The molecule has 3 fully saturated rings. The van der Waals surface area contributed by atoms with Gasteiger partial charge in [-0.3, -0.25) is 9.59 Å². The van der Waals surface area contributed by atoms with Gasteiger partial charge in [0.05, 0.1) is 23.8 Å². The number of fused-ring (bicyclic) bond motifs is 1. The number of nitrogens with two attached hydrogens (primary N) is 1. The maximum Gasteiger partial charge on any atom is 1.00 e. The van der Waals surface area contributed by atoms with Gasteiger partial charge in [0.2, 0.25) is 11.8 Å². The molecule has 3 heterocycles. The predicted octanol–water partition coefficient (Wildman–Crippen LogP) is -2.95. The van der Waals surface area contributed by atoms with E-state index in [2.05, 4.69) is 10.3 Å². The monoisotopic (exact) mass is 490 g/mol. The summed E-state index contributed by atoms with van der Waals surface area (Å²) < 4.78 is -0.676. The summed E-state index contributed by atoms with van der Waals surface area (Å²) in [6, 6.07) is -1.70. The third kappa shape index (κ3) is 4.83. The second-order valence-electron chi connectivity index (χ2n) is 9.11. The Labute approximate surface area is 217 Å². The van der Waals surface area contributed by atoms with E-state index in [9.17, 15) is 24.6 Å². The molecule has 1 aromatic heterocycles. The number of β-lactam (4-membered cyclic amide) rings is 1. The van der Waals surface area contributed by atoms with Crippen molar-refractivity contribution in [1.29, 1.82) is 0 Å². The van der Waals surface area contributed by atoms with Gasteiger partial charge in [-0.2, -0.15) is 0 Å². The van der Waals surface area contributed by atoms with Gasteiger partial charge in [0, 0.05) is 22.5 Å². The number of carboxylic acid groups (broad SMARTS) is 1. The second-order valence-corrected chi connectivity index (χ2v) is 11.8. The molecule has 170 valence electrons. The average molecular weight is 491 g/mol. The Hall–Kier alpha value is -0.850. The first-order chi connectivity index (χ1) is 14.6. The van der Waals surface area contributed by atoms with Crippen molar-refractivity contribution in [1.82, 2.24) is 15.2 Å². The smallest absolute Gasteiger partial charge is 0.548 e. The van der Waals surface area contributed by atoms with Gasteiger partial charge in [0.15, 0.2) is 5.13 Å². The summed E-state index contributed by atoms with van der Waals surface area (Å²) in [5.41, 5.74) is 6.64. The van der Waals surface area contributed by atoms with Crippen LogP contribution in [-0.2, 0) is 14.4 Å². The maximum absolute atomic E-state index is 12.6. The SMILES string of the molecule is CC1(C)S[C@@H]2[C@H](NC(=O)CCC3CC[C@H](O)C[C@H]3c3csc(N)n3)C(=O)N2[C@H]1C(=O)[O-].[Na+]. The molecule has 0 aromatic carbocycles. The number of aromatic nitrogens is 1. The molecule has 32 heavy (non-hydrogen) atoms. The third-order valence-electron chi connectivity index (χ3n) is 6.61. The Morgan fingerprint density at radius 3 is 2.75 bits per heavy atom. The van der Waals surface area contributed by atoms with Crippen molar-refractivity contribution in [3.8, 4) is 0 Å². The first kappa shape index (κ1) is 25.8. The molecular formula is C20H27N4NaO5S2. The van der Waals surface area contributed by atoms with Crippen LogP contribution in [0.15, 0.2) is 5.38 Å². The molecule has 1 saturated carbocycles. The minimum atomic E-state index is -1.27. The molecule has 12 heteroatoms. The number of aliphatic carboxylic acids is 1. The number of hydrogen-bond acceptors (Lipinski definition) is 9. The first-order valence-corrected chi connectivity index (χ1v) is 12.2. The topological polar surface area (TPSA) is 149 Å². The van der Waals surface area contributed by atoms with E-state index >= 15 is 0 Å². The van der Waals surface area contributed by atoms with E-state index in [1.807, 2.05) is 5.38 Å². The molecule has 4 N–H and O–H groups in total. The number of nitrogens with zero attached hydrogens (tertiary/aromatic N) is 2. The van der Waals surface area contributed by atoms with Crippen molar-refractivity contribution in [2.45, 2.75) is 80.2 Å². The van der Waals surface area contributed by atoms with Gasteiger partial charge in [-0.25, -0.2) is 4.98 Å². The number of nitrogen functional groups attached to an aromatic ring is 1. The number of aliphatic hydroxyl groups excluding tert-OH is 1. The fourth-order valence-corrected chi connectivity index (χ4v) is 7.33. The van der Waals surface area contributed by atoms with Crippen molar-refractivity contribution in [2.75, 3.05) is 5.73 Å². The number of carbonyl (C=O) groups excluding carboxylic acids is 3. The van der Waals surface area contributed by atoms with Crippen molar-refractivity contribution >= 4 is 46.0 Å². The van der Waals surface area contributed by atoms with Crippen LogP contribution in [0, 0.1) is 5.92 Å². The quantitative estimate of drug-likeness (QED) is 0.283. The van der Waals surface area contributed by atoms with Gasteiger partial charge < -0.3 is 31.0 Å². The van der Waals surface area contributed by atoms with Crippen molar-refractivity contribution in [3.63, 3.8) is 0 Å². The van der Waals surface area contributed by atoms with Gasteiger partial charge in [-0.05, 0) is 45.4 Å². The number of hydrogen-bond donors (Lipinski definition) is 3. The molecule has 0 bridgehead atoms. The molecule has 6 atom stereocenters. The Morgan fingerprint density at radius 1 is 1.41 bits per heavy atom. The van der Waals surface area contributed by atoms with Crippen LogP contribution in [0.4, 0.5) is 5.13 Å². The predicted molar refractivity (Wildman–Crippen MR) is 115 cm³/mol. The van der Waals surface area contributed by atoms with Crippen LogP contribution in [0.5, 0.6) is 0 Å². The normalized spacial score (nSPS) is 33.1. The summed E-state index contributed by atoms with van der Waals surface area (Å²) >= 11 is 2.75. The van der Waals surface area contributed by atoms with Gasteiger partial charge in [0.1, 0.15) is 11.4 Å². The molecule has 2 amide bonds. The summed E-state index contributed by atoms with van der Waals surface area (Å²) in [6.07, 6.45) is 2.59. The van der Waals surface area contributed by atoms with E-state index in [1.54, 1.807) is 13.8 Å². The number of carboxylic acids is 1. The largest absolute Gasteiger partial charge is 1.00 e. The zero-order chi connectivity index (χ0) is 22.5. The van der Waals surface area contributed by atoms with E-state index in [4.69, 9.17) is 5.73 Å². The zero-order valence-corrected chi connectivity index (χ0v) is 22.1. The van der Waals surface area contributed by atoms with Gasteiger partial charge in [0.25, 0.3) is 0 Å². The number of thiazole rings is 1. The van der Waals surface area contributed by atoms with Gasteiger partial charge >= 0.3 is 29.6 Å². The number of carbonyl (C=O) groups is 3. The fourth-order valence-electron chi connectivity index (χ4n) is 5.08. The number of anilines is 1. The van der Waals surface area contributed by atoms with Crippen LogP contribution in [0.1, 0.15) is 57.6 Å². The summed E-state index contributed by atoms with van der Waals surface area (Å²) in [6.45, 7) is 3.54. The maximum atomic E-state index is 12.6. The van der Waals surface area contributed by atoms with Gasteiger partial charge in [-0.1, -0.05) is 0 Å². The molecule has 0 spiro atoms.